The van der Waals surface area contributed by atoms with Crippen LogP contribution in [0, 0.1) is 6.92 Å². The van der Waals surface area contributed by atoms with Crippen molar-refractivity contribution >= 4 is 28.2 Å². The van der Waals surface area contributed by atoms with Gasteiger partial charge in [0.1, 0.15) is 0 Å². The smallest absolute Gasteiger partial charge is 0.261 e. The highest BCUT2D eigenvalue weighted by Crippen LogP contribution is 2.30. The Bertz CT molecular complexity index is 1570. The lowest BCUT2D eigenvalue weighted by Gasteiger charge is -2.11. The molecule has 0 bridgehead atoms. The summed E-state index contributed by atoms with van der Waals surface area (Å²) in [7, 11) is 3.22. The summed E-state index contributed by atoms with van der Waals surface area (Å²) >= 11 is 6.05. The standard InChI is InChI=1S/C26H23ClN4O3/c1-16-24(18-5-7-19(27)8-6-18)25-28-15-20-21(31(25)29-16)11-13-30(26(20)32)12-10-17-4-9-22(33-2)23(14-17)34-3/h4-9,11,13-15H,10,12H2,1-3H3. The molecule has 7 nitrogen and oxygen atoms in total. The first kappa shape index (κ1) is 22.0. The van der Waals surface area contributed by atoms with E-state index in [1.54, 1.807) is 29.5 Å². The first-order chi connectivity index (χ1) is 16.5. The van der Waals surface area contributed by atoms with Crippen LogP contribution in [0.4, 0.5) is 0 Å². The third-order valence-corrected chi connectivity index (χ3v) is 6.23. The number of hydrogen-bond acceptors (Lipinski definition) is 5. The van der Waals surface area contributed by atoms with Crippen LogP contribution in [0.3, 0.4) is 0 Å². The molecule has 3 heterocycles. The van der Waals surface area contributed by atoms with E-state index in [2.05, 4.69) is 10.1 Å². The number of nitrogens with zero attached hydrogens (tertiary/aromatic N) is 4. The number of pyridine rings is 1. The Morgan fingerprint density at radius 2 is 1.76 bits per heavy atom. The first-order valence-corrected chi connectivity index (χ1v) is 11.2. The predicted molar refractivity (Wildman–Crippen MR) is 133 cm³/mol. The van der Waals surface area contributed by atoms with Gasteiger partial charge in [-0.15, -0.1) is 0 Å². The number of ether oxygens (including phenoxy) is 2. The molecule has 5 aromatic rings. The molecule has 0 fully saturated rings. The molecule has 0 radical (unpaired) electrons. The monoisotopic (exact) mass is 474 g/mol. The van der Waals surface area contributed by atoms with E-state index in [0.29, 0.717) is 40.5 Å². The first-order valence-electron chi connectivity index (χ1n) is 10.8. The number of methoxy groups -OCH3 is 2. The lowest BCUT2D eigenvalue weighted by molar-refractivity contribution is 0.354. The average Bonchev–Trinajstić information content (AvgIpc) is 3.20. The Morgan fingerprint density at radius 1 is 1.00 bits per heavy atom. The summed E-state index contributed by atoms with van der Waals surface area (Å²) < 4.78 is 14.1. The zero-order valence-electron chi connectivity index (χ0n) is 19.1. The number of benzene rings is 2. The number of rotatable bonds is 6. The molecule has 172 valence electrons. The second-order valence-electron chi connectivity index (χ2n) is 8.01. The minimum atomic E-state index is -0.103. The van der Waals surface area contributed by atoms with E-state index in [4.69, 9.17) is 21.1 Å². The molecule has 0 unspecified atom stereocenters. The Kier molecular flexibility index (Phi) is 5.71. The van der Waals surface area contributed by atoms with Gasteiger partial charge in [0.05, 0.1) is 30.8 Å². The summed E-state index contributed by atoms with van der Waals surface area (Å²) in [6.45, 7) is 2.46. The molecular formula is C26H23ClN4O3. The van der Waals surface area contributed by atoms with E-state index < -0.39 is 0 Å². The Hall–Kier alpha value is -3.84. The molecule has 3 aromatic heterocycles. The summed E-state index contributed by atoms with van der Waals surface area (Å²) in [5.41, 5.74) is 5.11. The summed E-state index contributed by atoms with van der Waals surface area (Å²) in [5.74, 6) is 1.35. The van der Waals surface area contributed by atoms with Crippen molar-refractivity contribution in [1.82, 2.24) is 19.2 Å². The molecule has 0 aliphatic carbocycles. The van der Waals surface area contributed by atoms with Crippen molar-refractivity contribution < 1.29 is 9.47 Å². The van der Waals surface area contributed by atoms with Crippen LogP contribution < -0.4 is 15.0 Å². The van der Waals surface area contributed by atoms with Gasteiger partial charge in [0.2, 0.25) is 0 Å². The van der Waals surface area contributed by atoms with Crippen LogP contribution in [0.5, 0.6) is 11.5 Å². The van der Waals surface area contributed by atoms with Gasteiger partial charge >= 0.3 is 0 Å². The molecule has 8 heteroatoms. The molecular weight excluding hydrogens is 452 g/mol. The van der Waals surface area contributed by atoms with Crippen molar-refractivity contribution in [3.05, 3.63) is 87.6 Å². The second-order valence-corrected chi connectivity index (χ2v) is 8.45. The normalized spacial score (nSPS) is 11.3. The number of fused-ring (bicyclic) bond motifs is 3. The van der Waals surface area contributed by atoms with E-state index in [9.17, 15) is 4.79 Å². The lowest BCUT2D eigenvalue weighted by Crippen LogP contribution is -2.21. The van der Waals surface area contributed by atoms with Crippen LogP contribution in [-0.4, -0.2) is 33.4 Å². The molecule has 0 atom stereocenters. The minimum Gasteiger partial charge on any atom is -0.493 e. The Labute approximate surface area is 201 Å². The predicted octanol–water partition coefficient (Wildman–Crippen LogP) is 4.93. The van der Waals surface area contributed by atoms with Gasteiger partial charge in [0, 0.05) is 29.5 Å². The highest BCUT2D eigenvalue weighted by molar-refractivity contribution is 6.30. The van der Waals surface area contributed by atoms with Crippen LogP contribution >= 0.6 is 11.6 Å². The molecule has 0 N–H and O–H groups in total. The van der Waals surface area contributed by atoms with Crippen LogP contribution in [0.1, 0.15) is 11.3 Å². The van der Waals surface area contributed by atoms with Crippen LogP contribution in [-0.2, 0) is 13.0 Å². The highest BCUT2D eigenvalue weighted by Gasteiger charge is 2.16. The molecule has 0 amide bonds. The molecule has 0 saturated carbocycles. The fourth-order valence-corrected chi connectivity index (χ4v) is 4.36. The van der Waals surface area contributed by atoms with Crippen molar-refractivity contribution in [2.24, 2.45) is 0 Å². The molecule has 0 aliphatic rings. The number of hydrogen-bond donors (Lipinski definition) is 0. The lowest BCUT2D eigenvalue weighted by atomic mass is 10.1. The SMILES string of the molecule is COc1ccc(CCn2ccc3c(cnc4c(-c5ccc(Cl)cc5)c(C)nn43)c2=O)cc1OC. The fraction of sp³-hybridized carbons (Fsp3) is 0.192. The van der Waals surface area contributed by atoms with Gasteiger partial charge in [-0.1, -0.05) is 29.8 Å². The zero-order chi connectivity index (χ0) is 23.8. The molecule has 0 saturated heterocycles. The van der Waals surface area contributed by atoms with Crippen LogP contribution in [0.15, 0.2) is 65.7 Å². The average molecular weight is 475 g/mol. The number of aromatic nitrogens is 4. The van der Waals surface area contributed by atoms with E-state index in [0.717, 1.165) is 27.9 Å². The molecule has 2 aromatic carbocycles. The Morgan fingerprint density at radius 3 is 2.50 bits per heavy atom. The zero-order valence-corrected chi connectivity index (χ0v) is 19.8. The summed E-state index contributed by atoms with van der Waals surface area (Å²) in [4.78, 5) is 17.9. The van der Waals surface area contributed by atoms with Gasteiger partial charge in [-0.2, -0.15) is 5.10 Å². The van der Waals surface area contributed by atoms with E-state index in [1.165, 1.54) is 0 Å². The topological polar surface area (TPSA) is 70.6 Å². The van der Waals surface area contributed by atoms with Crippen molar-refractivity contribution in [2.75, 3.05) is 14.2 Å². The van der Waals surface area contributed by atoms with Crippen molar-refractivity contribution in [3.63, 3.8) is 0 Å². The molecule has 0 spiro atoms. The second kappa shape index (κ2) is 8.83. The summed E-state index contributed by atoms with van der Waals surface area (Å²) in [6.07, 6.45) is 4.12. The van der Waals surface area contributed by atoms with Gasteiger partial charge < -0.3 is 14.0 Å². The molecule has 5 rings (SSSR count). The maximum atomic E-state index is 13.2. The maximum Gasteiger partial charge on any atom is 0.261 e. The van der Waals surface area contributed by atoms with Gasteiger partial charge in [0.15, 0.2) is 17.1 Å². The number of aryl methyl sites for hydroxylation is 3. The van der Waals surface area contributed by atoms with E-state index in [1.807, 2.05) is 61.7 Å². The van der Waals surface area contributed by atoms with Crippen LogP contribution in [0.2, 0.25) is 5.02 Å². The van der Waals surface area contributed by atoms with Gasteiger partial charge in [-0.05, 0) is 54.8 Å². The quantitative estimate of drug-likeness (QED) is 0.349. The van der Waals surface area contributed by atoms with Gasteiger partial charge in [-0.25, -0.2) is 9.50 Å². The van der Waals surface area contributed by atoms with Gasteiger partial charge in [0.25, 0.3) is 5.56 Å². The van der Waals surface area contributed by atoms with Crippen molar-refractivity contribution in [1.29, 1.82) is 0 Å². The molecule has 0 aliphatic heterocycles. The van der Waals surface area contributed by atoms with Crippen molar-refractivity contribution in [2.45, 2.75) is 19.9 Å². The van der Waals surface area contributed by atoms with E-state index in [-0.39, 0.29) is 5.56 Å². The molecule has 34 heavy (non-hydrogen) atoms. The van der Waals surface area contributed by atoms with E-state index >= 15 is 0 Å². The fourth-order valence-electron chi connectivity index (χ4n) is 4.23. The minimum absolute atomic E-state index is 0.103. The van der Waals surface area contributed by atoms with Crippen molar-refractivity contribution in [3.8, 4) is 22.6 Å². The largest absolute Gasteiger partial charge is 0.493 e. The van der Waals surface area contributed by atoms with Gasteiger partial charge in [-0.3, -0.25) is 4.79 Å². The maximum absolute atomic E-state index is 13.2. The van der Waals surface area contributed by atoms with Crippen LogP contribution in [0.25, 0.3) is 27.7 Å². The third-order valence-electron chi connectivity index (χ3n) is 5.98. The number of halogens is 1. The Balaban J connectivity index is 1.51. The highest BCUT2D eigenvalue weighted by atomic mass is 35.5. The summed E-state index contributed by atoms with van der Waals surface area (Å²) in [5, 5.41) is 5.88. The third kappa shape index (κ3) is 3.78. The summed E-state index contributed by atoms with van der Waals surface area (Å²) in [6, 6.07) is 15.3.